The van der Waals surface area contributed by atoms with Crippen LogP contribution in [0, 0.1) is 6.92 Å². The molecular weight excluding hydrogens is 395 g/mol. The van der Waals surface area contributed by atoms with Crippen LogP contribution in [0.2, 0.25) is 0 Å². The Kier molecular flexibility index (Phi) is 11.2. The molecule has 1 heterocycles. The second-order valence-corrected chi connectivity index (χ2v) is 6.63. The third kappa shape index (κ3) is 5.57. The molecule has 0 aliphatic carbocycles. The number of carbonyl (C=O) groups is 1. The Balaban J connectivity index is 0.00000280. The van der Waals surface area contributed by atoms with Crippen molar-refractivity contribution in [2.24, 2.45) is 0 Å². The molecule has 0 saturated heterocycles. The first kappa shape index (κ1) is 28.0. The molecule has 3 aromatic rings. The minimum atomic E-state index is -0.946. The summed E-state index contributed by atoms with van der Waals surface area (Å²) in [7, 11) is 0. The van der Waals surface area contributed by atoms with E-state index in [1.54, 1.807) is 24.7 Å². The van der Waals surface area contributed by atoms with Crippen molar-refractivity contribution in [3.05, 3.63) is 82.4 Å². The Morgan fingerprint density at radius 2 is 1.70 bits per heavy atom. The Bertz CT molecular complexity index is 949. The van der Waals surface area contributed by atoms with Crippen molar-refractivity contribution in [2.45, 2.75) is 39.7 Å². The average Bonchev–Trinajstić information content (AvgIpc) is 3.21. The number of carboxylic acid groups (broad SMARTS) is 1. The van der Waals surface area contributed by atoms with Crippen LogP contribution >= 0.6 is 0 Å². The summed E-state index contributed by atoms with van der Waals surface area (Å²) in [6, 6.07) is 9.29. The van der Waals surface area contributed by atoms with E-state index in [1.807, 2.05) is 49.7 Å². The van der Waals surface area contributed by atoms with Crippen LogP contribution in [0.3, 0.4) is 0 Å². The molecule has 0 fully saturated rings. The van der Waals surface area contributed by atoms with Gasteiger partial charge in [0.25, 0.3) is 0 Å². The van der Waals surface area contributed by atoms with Gasteiger partial charge in [-0.2, -0.15) is 0 Å². The molecule has 30 heavy (non-hydrogen) atoms. The van der Waals surface area contributed by atoms with E-state index in [9.17, 15) is 15.0 Å². The molecule has 3 rings (SSSR count). The third-order valence-corrected chi connectivity index (χ3v) is 4.99. The molecule has 0 aliphatic heterocycles. The van der Waals surface area contributed by atoms with Gasteiger partial charge in [0, 0.05) is 18.1 Å². The number of benzene rings is 2. The second-order valence-electron chi connectivity index (χ2n) is 6.63. The molecule has 1 atom stereocenters. The molecule has 7 nitrogen and oxygen atoms in total. The van der Waals surface area contributed by atoms with Gasteiger partial charge in [-0.05, 0) is 71.8 Å². The van der Waals surface area contributed by atoms with E-state index in [4.69, 9.17) is 0 Å². The number of rotatable bonds is 6. The van der Waals surface area contributed by atoms with Gasteiger partial charge in [-0.25, -0.2) is 9.78 Å². The second kappa shape index (κ2) is 12.0. The minimum absolute atomic E-state index is 0. The summed E-state index contributed by atoms with van der Waals surface area (Å²) in [5.41, 5.74) is 5.54. The van der Waals surface area contributed by atoms with E-state index in [2.05, 4.69) is 4.98 Å². The standard InChI is InChI=1S/C22H24N2O3.Na.2H2O.H/c1-4-15-10-17(22(26)27)11-16(5-2)20(15)21(25)19-12-18(7-6-14(19)3)24-9-8-23-13-24;;;;/h6-13,21,25H,4-5H2,1-3H3,(H,26,27);;2*1H2;. The van der Waals surface area contributed by atoms with E-state index < -0.39 is 12.1 Å². The summed E-state index contributed by atoms with van der Waals surface area (Å²) in [6.45, 7) is 5.93. The summed E-state index contributed by atoms with van der Waals surface area (Å²) in [5.74, 6) is -0.946. The zero-order valence-corrected chi connectivity index (χ0v) is 16.8. The first-order valence-corrected chi connectivity index (χ1v) is 9.12. The molecule has 0 saturated carbocycles. The van der Waals surface area contributed by atoms with Crippen LogP contribution in [0.15, 0.2) is 49.1 Å². The molecular formula is C22H29N2NaO5. The molecule has 0 aliphatic rings. The number of nitrogens with zero attached hydrogens (tertiary/aromatic N) is 2. The van der Waals surface area contributed by atoms with Gasteiger partial charge in [-0.1, -0.05) is 19.9 Å². The van der Waals surface area contributed by atoms with Gasteiger partial charge in [-0.3, -0.25) is 0 Å². The van der Waals surface area contributed by atoms with Crippen molar-refractivity contribution in [1.29, 1.82) is 0 Å². The number of aliphatic hydroxyl groups excluding tert-OH is 1. The molecule has 0 spiro atoms. The summed E-state index contributed by atoms with van der Waals surface area (Å²) in [4.78, 5) is 15.5. The van der Waals surface area contributed by atoms with Gasteiger partial charge >= 0.3 is 35.5 Å². The summed E-state index contributed by atoms with van der Waals surface area (Å²) in [6.07, 6.45) is 5.78. The maximum atomic E-state index is 11.4. The Labute approximate surface area is 198 Å². The average molecular weight is 424 g/mol. The van der Waals surface area contributed by atoms with Crippen LogP contribution in [-0.2, 0) is 12.8 Å². The predicted octanol–water partition coefficient (Wildman–Crippen LogP) is 1.79. The van der Waals surface area contributed by atoms with Crippen molar-refractivity contribution in [3.63, 3.8) is 0 Å². The Morgan fingerprint density at radius 3 is 2.17 bits per heavy atom. The number of aryl methyl sites for hydroxylation is 3. The van der Waals surface area contributed by atoms with E-state index in [0.29, 0.717) is 12.8 Å². The molecule has 158 valence electrons. The first-order valence-electron chi connectivity index (χ1n) is 9.12. The monoisotopic (exact) mass is 424 g/mol. The van der Waals surface area contributed by atoms with Gasteiger partial charge in [0.15, 0.2) is 0 Å². The number of aromatic carboxylic acids is 1. The number of hydrogen-bond acceptors (Lipinski definition) is 3. The Hall–Kier alpha value is -2.00. The summed E-state index contributed by atoms with van der Waals surface area (Å²) in [5, 5.41) is 20.7. The van der Waals surface area contributed by atoms with Crippen molar-refractivity contribution in [3.8, 4) is 5.69 Å². The van der Waals surface area contributed by atoms with Crippen molar-refractivity contribution in [1.82, 2.24) is 9.55 Å². The van der Waals surface area contributed by atoms with Crippen LogP contribution in [0.5, 0.6) is 0 Å². The SMILES string of the molecule is CCc1cc(C(=O)O)cc(CC)c1C(O)c1cc(-n2ccnc2)ccc1C.O.O.[NaH]. The molecule has 6 N–H and O–H groups in total. The molecule has 0 bridgehead atoms. The van der Waals surface area contributed by atoms with Gasteiger partial charge in [0.2, 0.25) is 0 Å². The zero-order valence-electron chi connectivity index (χ0n) is 16.8. The molecule has 2 aromatic carbocycles. The van der Waals surface area contributed by atoms with E-state index >= 15 is 0 Å². The summed E-state index contributed by atoms with van der Waals surface area (Å²) >= 11 is 0. The summed E-state index contributed by atoms with van der Waals surface area (Å²) < 4.78 is 1.89. The van der Waals surface area contributed by atoms with E-state index in [-0.39, 0.29) is 46.1 Å². The van der Waals surface area contributed by atoms with Gasteiger partial charge < -0.3 is 25.7 Å². The van der Waals surface area contributed by atoms with Crippen LogP contribution in [0.4, 0.5) is 0 Å². The van der Waals surface area contributed by atoms with E-state index in [1.165, 1.54) is 0 Å². The molecule has 0 amide bonds. The third-order valence-electron chi connectivity index (χ3n) is 4.99. The number of hydrogen-bond donors (Lipinski definition) is 2. The fourth-order valence-electron chi connectivity index (χ4n) is 3.49. The fraction of sp³-hybridized carbons (Fsp3) is 0.273. The van der Waals surface area contributed by atoms with E-state index in [0.717, 1.165) is 33.5 Å². The van der Waals surface area contributed by atoms with Crippen LogP contribution in [0.25, 0.3) is 5.69 Å². The van der Waals surface area contributed by atoms with Crippen LogP contribution in [0.1, 0.15) is 58.1 Å². The molecule has 1 unspecified atom stereocenters. The fourth-order valence-corrected chi connectivity index (χ4v) is 3.49. The number of carboxylic acids is 1. The van der Waals surface area contributed by atoms with Crippen molar-refractivity contribution in [2.75, 3.05) is 0 Å². The zero-order chi connectivity index (χ0) is 19.6. The first-order chi connectivity index (χ1) is 13.0. The molecule has 0 radical (unpaired) electrons. The van der Waals surface area contributed by atoms with Crippen molar-refractivity contribution < 1.29 is 26.0 Å². The quantitative estimate of drug-likeness (QED) is 0.582. The van der Waals surface area contributed by atoms with Crippen LogP contribution in [-0.4, -0.2) is 66.2 Å². The Morgan fingerprint density at radius 1 is 1.10 bits per heavy atom. The topological polar surface area (TPSA) is 138 Å². The van der Waals surface area contributed by atoms with Gasteiger partial charge in [0.1, 0.15) is 6.10 Å². The molecule has 8 heteroatoms. The van der Waals surface area contributed by atoms with Gasteiger partial charge in [-0.15, -0.1) is 0 Å². The predicted molar refractivity (Wildman–Crippen MR) is 119 cm³/mol. The number of aromatic nitrogens is 2. The maximum absolute atomic E-state index is 11.4. The molecule has 1 aromatic heterocycles. The van der Waals surface area contributed by atoms with Crippen LogP contribution < -0.4 is 0 Å². The number of imidazole rings is 1. The van der Waals surface area contributed by atoms with Crippen molar-refractivity contribution >= 4 is 35.5 Å². The normalized spacial score (nSPS) is 10.9. The van der Waals surface area contributed by atoms with Gasteiger partial charge in [0.05, 0.1) is 11.9 Å². The number of aliphatic hydroxyl groups is 1.